The van der Waals surface area contributed by atoms with Gasteiger partial charge in [0.15, 0.2) is 5.78 Å². The fourth-order valence-electron chi connectivity index (χ4n) is 4.11. The molecule has 0 unspecified atom stereocenters. The van der Waals surface area contributed by atoms with Crippen LogP contribution < -0.4 is 5.32 Å². The minimum atomic E-state index is -2.84. The number of carbonyl (C=O) groups excluding carboxylic acids is 3. The highest BCUT2D eigenvalue weighted by atomic mass is 35.5. The van der Waals surface area contributed by atoms with Crippen molar-refractivity contribution in [1.82, 2.24) is 15.2 Å². The van der Waals surface area contributed by atoms with E-state index in [1.54, 1.807) is 24.4 Å². The number of alkyl halides is 2. The van der Waals surface area contributed by atoms with Gasteiger partial charge >= 0.3 is 6.03 Å². The molecule has 0 radical (unpaired) electrons. The average molecular weight is 448 g/mol. The Kier molecular flexibility index (Phi) is 5.29. The number of nitrogens with one attached hydrogen (secondary N) is 1. The third-order valence-corrected chi connectivity index (χ3v) is 6.28. The van der Waals surface area contributed by atoms with E-state index in [0.29, 0.717) is 10.6 Å². The highest BCUT2D eigenvalue weighted by molar-refractivity contribution is 6.33. The lowest BCUT2D eigenvalue weighted by molar-refractivity contribution is -0.135. The lowest BCUT2D eigenvalue weighted by Gasteiger charge is -2.34. The molecule has 1 saturated heterocycles. The fourth-order valence-corrected chi connectivity index (χ4v) is 4.39. The number of halogens is 3. The minimum absolute atomic E-state index is 0.153. The molecule has 0 atom stereocenters. The van der Waals surface area contributed by atoms with Crippen LogP contribution in [-0.2, 0) is 4.79 Å². The first-order valence-electron chi connectivity index (χ1n) is 9.89. The fraction of sp³-hybridized carbons (Fsp3) is 0.364. The molecule has 1 aliphatic carbocycles. The Bertz CT molecular complexity index is 1080. The van der Waals surface area contributed by atoms with Crippen LogP contribution >= 0.6 is 11.6 Å². The van der Waals surface area contributed by atoms with Gasteiger partial charge < -0.3 is 5.32 Å². The van der Waals surface area contributed by atoms with E-state index in [4.69, 9.17) is 11.6 Å². The molecule has 2 aliphatic rings. The Hall–Kier alpha value is -2.87. The molecule has 6 nitrogen and oxygen atoms in total. The van der Waals surface area contributed by atoms with Crippen LogP contribution in [0.1, 0.15) is 41.7 Å². The van der Waals surface area contributed by atoms with Crippen molar-refractivity contribution in [2.45, 2.75) is 44.1 Å². The Balaban J connectivity index is 1.51. The van der Waals surface area contributed by atoms with Crippen LogP contribution in [0, 0.1) is 6.92 Å². The number of imide groups is 1. The number of hydrogen-bond donors (Lipinski definition) is 1. The number of aromatic nitrogens is 1. The summed E-state index contributed by atoms with van der Waals surface area (Å²) in [7, 11) is 0. The molecule has 3 amide bonds. The van der Waals surface area contributed by atoms with Crippen LogP contribution in [0.5, 0.6) is 0 Å². The molecule has 9 heteroatoms. The number of nitrogens with zero attached hydrogens (tertiary/aromatic N) is 2. The summed E-state index contributed by atoms with van der Waals surface area (Å²) in [5.74, 6) is -3.95. The SMILES string of the molecule is Cc1ncccc1-c1ccc(C(=O)CN2C(=O)NC3(CCC(F)(F)CC3)C2=O)cc1Cl. The second-order valence-electron chi connectivity index (χ2n) is 8.01. The molecule has 31 heavy (non-hydrogen) atoms. The van der Waals surface area contributed by atoms with Crippen molar-refractivity contribution in [3.63, 3.8) is 0 Å². The maximum atomic E-state index is 13.5. The lowest BCUT2D eigenvalue weighted by Crippen LogP contribution is -2.51. The number of aryl methyl sites for hydroxylation is 1. The molecule has 162 valence electrons. The van der Waals surface area contributed by atoms with Gasteiger partial charge in [-0.3, -0.25) is 19.5 Å². The van der Waals surface area contributed by atoms with Crippen LogP contribution in [0.2, 0.25) is 5.02 Å². The van der Waals surface area contributed by atoms with Crippen LogP contribution in [0.25, 0.3) is 11.1 Å². The zero-order chi connectivity index (χ0) is 22.4. The molecule has 2 heterocycles. The summed E-state index contributed by atoms with van der Waals surface area (Å²) in [5.41, 5.74) is 1.22. The van der Waals surface area contributed by atoms with Gasteiger partial charge in [0, 0.05) is 46.4 Å². The number of urea groups is 1. The van der Waals surface area contributed by atoms with Crippen molar-refractivity contribution in [3.8, 4) is 11.1 Å². The summed E-state index contributed by atoms with van der Waals surface area (Å²) in [6.07, 6.45) is 0.403. The van der Waals surface area contributed by atoms with Gasteiger partial charge in [0.25, 0.3) is 5.91 Å². The largest absolute Gasteiger partial charge is 0.325 e. The third kappa shape index (κ3) is 3.92. The highest BCUT2D eigenvalue weighted by Gasteiger charge is 2.55. The first-order valence-corrected chi connectivity index (χ1v) is 10.3. The third-order valence-electron chi connectivity index (χ3n) is 5.97. The summed E-state index contributed by atoms with van der Waals surface area (Å²) in [5, 5.41) is 2.87. The quantitative estimate of drug-likeness (QED) is 0.556. The van der Waals surface area contributed by atoms with Crippen LogP contribution in [-0.4, -0.2) is 45.6 Å². The van der Waals surface area contributed by atoms with E-state index in [0.717, 1.165) is 16.2 Å². The molecular formula is C22H20ClF2N3O3. The maximum Gasteiger partial charge on any atom is 0.325 e. The predicted octanol–water partition coefficient (Wildman–Crippen LogP) is 4.39. The Morgan fingerprint density at radius 2 is 1.87 bits per heavy atom. The van der Waals surface area contributed by atoms with Gasteiger partial charge in [-0.2, -0.15) is 0 Å². The monoisotopic (exact) mass is 447 g/mol. The normalized spacial score (nSPS) is 19.5. The number of carbonyl (C=O) groups is 3. The van der Waals surface area contributed by atoms with Gasteiger partial charge in [0.05, 0.1) is 6.54 Å². The molecule has 1 saturated carbocycles. The van der Waals surface area contributed by atoms with Gasteiger partial charge in [-0.15, -0.1) is 0 Å². The summed E-state index contributed by atoms with van der Waals surface area (Å²) >= 11 is 6.39. The van der Waals surface area contributed by atoms with Gasteiger partial charge in [-0.1, -0.05) is 29.8 Å². The van der Waals surface area contributed by atoms with Crippen molar-refractivity contribution in [2.75, 3.05) is 6.54 Å². The summed E-state index contributed by atoms with van der Waals surface area (Å²) in [4.78, 5) is 43.0. The number of pyridine rings is 1. The molecule has 1 aromatic heterocycles. The molecular weight excluding hydrogens is 428 g/mol. The van der Waals surface area contributed by atoms with Gasteiger partial charge in [0.1, 0.15) is 5.54 Å². The topological polar surface area (TPSA) is 79.4 Å². The Labute approximate surface area is 182 Å². The molecule has 2 fully saturated rings. The molecule has 1 N–H and O–H groups in total. The number of ketones is 1. The first kappa shape index (κ1) is 21.4. The average Bonchev–Trinajstić information content (AvgIpc) is 2.95. The summed E-state index contributed by atoms with van der Waals surface area (Å²) in [6, 6.07) is 7.66. The first-order chi connectivity index (χ1) is 14.6. The number of rotatable bonds is 4. The summed E-state index contributed by atoms with van der Waals surface area (Å²) in [6.45, 7) is 1.36. The highest BCUT2D eigenvalue weighted by Crippen LogP contribution is 2.41. The standard InChI is InChI=1S/C22H20ClF2N3O3/c1-13-15(3-2-10-26-13)16-5-4-14(11-17(16)23)18(29)12-28-19(30)21(27-20(28)31)6-8-22(24,25)9-7-21/h2-5,10-11H,6-9,12H2,1H3,(H,27,31). The number of benzene rings is 1. The van der Waals surface area contributed by atoms with Crippen molar-refractivity contribution in [1.29, 1.82) is 0 Å². The van der Waals surface area contributed by atoms with E-state index in [2.05, 4.69) is 10.3 Å². The van der Waals surface area contributed by atoms with Gasteiger partial charge in [0.2, 0.25) is 5.92 Å². The van der Waals surface area contributed by atoms with E-state index in [-0.39, 0.29) is 18.4 Å². The van der Waals surface area contributed by atoms with Crippen molar-refractivity contribution in [3.05, 3.63) is 52.8 Å². The van der Waals surface area contributed by atoms with E-state index in [1.165, 1.54) is 6.07 Å². The Morgan fingerprint density at radius 3 is 2.52 bits per heavy atom. The van der Waals surface area contributed by atoms with E-state index in [9.17, 15) is 23.2 Å². The Morgan fingerprint density at radius 1 is 1.16 bits per heavy atom. The van der Waals surface area contributed by atoms with E-state index >= 15 is 0 Å². The zero-order valence-electron chi connectivity index (χ0n) is 16.8. The molecule has 1 spiro atoms. The van der Waals surface area contributed by atoms with Crippen LogP contribution in [0.3, 0.4) is 0 Å². The predicted molar refractivity (Wildman–Crippen MR) is 110 cm³/mol. The smallest absolute Gasteiger partial charge is 0.323 e. The molecule has 4 rings (SSSR count). The van der Waals surface area contributed by atoms with Crippen molar-refractivity contribution in [2.24, 2.45) is 0 Å². The van der Waals surface area contributed by atoms with Crippen LogP contribution in [0.15, 0.2) is 36.5 Å². The second-order valence-corrected chi connectivity index (χ2v) is 8.42. The minimum Gasteiger partial charge on any atom is -0.323 e. The summed E-state index contributed by atoms with van der Waals surface area (Å²) < 4.78 is 27.0. The van der Waals surface area contributed by atoms with Crippen molar-refractivity contribution >= 4 is 29.3 Å². The number of amides is 3. The van der Waals surface area contributed by atoms with E-state index in [1.807, 2.05) is 13.0 Å². The molecule has 1 aliphatic heterocycles. The molecule has 1 aromatic carbocycles. The van der Waals surface area contributed by atoms with Crippen molar-refractivity contribution < 1.29 is 23.2 Å². The van der Waals surface area contributed by atoms with E-state index < -0.39 is 48.6 Å². The maximum absolute atomic E-state index is 13.5. The molecule has 2 aromatic rings. The lowest BCUT2D eigenvalue weighted by atomic mass is 9.80. The van der Waals surface area contributed by atoms with Gasteiger partial charge in [-0.25, -0.2) is 13.6 Å². The van der Waals surface area contributed by atoms with Crippen LogP contribution in [0.4, 0.5) is 13.6 Å². The van der Waals surface area contributed by atoms with Gasteiger partial charge in [-0.05, 0) is 31.9 Å². The number of hydrogen-bond acceptors (Lipinski definition) is 4. The molecule has 0 bridgehead atoms. The number of Topliss-reactive ketones (excluding diaryl/α,β-unsaturated/α-hetero) is 1. The second kappa shape index (κ2) is 7.67. The zero-order valence-corrected chi connectivity index (χ0v) is 17.5.